The Hall–Kier alpha value is -1.26. The van der Waals surface area contributed by atoms with Crippen LogP contribution in [0.4, 0.5) is 0 Å². The quantitative estimate of drug-likeness (QED) is 0.376. The highest BCUT2D eigenvalue weighted by Gasteiger charge is 2.32. The van der Waals surface area contributed by atoms with Crippen molar-refractivity contribution in [1.82, 2.24) is 15.5 Å². The van der Waals surface area contributed by atoms with Gasteiger partial charge < -0.3 is 24.8 Å². The lowest BCUT2D eigenvalue weighted by atomic mass is 10.2. The van der Waals surface area contributed by atoms with Gasteiger partial charge in [-0.2, -0.15) is 0 Å². The molecule has 0 radical (unpaired) electrons. The van der Waals surface area contributed by atoms with Crippen LogP contribution in [0.15, 0.2) is 23.2 Å². The largest absolute Gasteiger partial charge is 0.454 e. The van der Waals surface area contributed by atoms with Crippen LogP contribution in [0.1, 0.15) is 25.3 Å². The molecule has 2 saturated heterocycles. The number of hydrogen-bond donors (Lipinski definition) is 2. The molecule has 0 saturated carbocycles. The first-order chi connectivity index (χ1) is 12.8. The van der Waals surface area contributed by atoms with Crippen LogP contribution in [0.5, 0.6) is 11.5 Å². The van der Waals surface area contributed by atoms with E-state index in [2.05, 4.69) is 27.4 Å². The van der Waals surface area contributed by atoms with E-state index in [0.29, 0.717) is 19.4 Å². The summed E-state index contributed by atoms with van der Waals surface area (Å²) in [4.78, 5) is 7.25. The fourth-order valence-corrected chi connectivity index (χ4v) is 3.77. The third kappa shape index (κ3) is 5.17. The van der Waals surface area contributed by atoms with E-state index in [1.165, 1.54) is 19.4 Å². The summed E-state index contributed by atoms with van der Waals surface area (Å²) < 4.78 is 16.8. The summed E-state index contributed by atoms with van der Waals surface area (Å²) in [7, 11) is 0. The third-order valence-electron chi connectivity index (χ3n) is 5.16. The number of fused-ring (bicyclic) bond motifs is 2. The van der Waals surface area contributed by atoms with Crippen LogP contribution in [-0.2, 0) is 11.3 Å². The Morgan fingerprint density at radius 2 is 2.15 bits per heavy atom. The molecule has 1 aromatic carbocycles. The average molecular weight is 488 g/mol. The van der Waals surface area contributed by atoms with Gasteiger partial charge in [0.1, 0.15) is 0 Å². The smallest absolute Gasteiger partial charge is 0.231 e. The first kappa shape index (κ1) is 20.5. The first-order valence-corrected chi connectivity index (χ1v) is 9.58. The van der Waals surface area contributed by atoms with Crippen LogP contribution in [0, 0.1) is 0 Å². The standard InChI is InChI=1S/C19H28N4O3.HI/c1-2-20-19(21-9-14-5-6-17-18(8-14)26-13-25-17)22-10-16-11-23-7-3-4-15(23)12-24-16;/h5-6,8,15-16H,2-4,7,9-13H2,1H3,(H2,20,21,22);1H. The van der Waals surface area contributed by atoms with Crippen molar-refractivity contribution in [3.05, 3.63) is 23.8 Å². The van der Waals surface area contributed by atoms with E-state index in [4.69, 9.17) is 14.2 Å². The van der Waals surface area contributed by atoms with Crippen molar-refractivity contribution < 1.29 is 14.2 Å². The summed E-state index contributed by atoms with van der Waals surface area (Å²) in [6.07, 6.45) is 2.80. The van der Waals surface area contributed by atoms with Gasteiger partial charge in [0.15, 0.2) is 17.5 Å². The van der Waals surface area contributed by atoms with E-state index >= 15 is 0 Å². The number of nitrogens with one attached hydrogen (secondary N) is 2. The minimum Gasteiger partial charge on any atom is -0.454 e. The van der Waals surface area contributed by atoms with E-state index in [1.54, 1.807) is 0 Å². The molecule has 0 aliphatic carbocycles. The molecule has 0 aromatic heterocycles. The zero-order chi connectivity index (χ0) is 17.8. The van der Waals surface area contributed by atoms with Gasteiger partial charge in [-0.15, -0.1) is 24.0 Å². The van der Waals surface area contributed by atoms with Gasteiger partial charge in [0, 0.05) is 25.7 Å². The van der Waals surface area contributed by atoms with Crippen LogP contribution in [0.25, 0.3) is 0 Å². The summed E-state index contributed by atoms with van der Waals surface area (Å²) >= 11 is 0. The fraction of sp³-hybridized carbons (Fsp3) is 0.632. The molecule has 8 heteroatoms. The van der Waals surface area contributed by atoms with Gasteiger partial charge in [-0.05, 0) is 44.0 Å². The van der Waals surface area contributed by atoms with E-state index in [0.717, 1.165) is 49.3 Å². The maximum Gasteiger partial charge on any atom is 0.231 e. The van der Waals surface area contributed by atoms with Crippen molar-refractivity contribution in [2.24, 2.45) is 4.99 Å². The maximum absolute atomic E-state index is 6.02. The summed E-state index contributed by atoms with van der Waals surface area (Å²) in [5, 5.41) is 6.73. The molecule has 0 amide bonds. The second kappa shape index (κ2) is 9.79. The van der Waals surface area contributed by atoms with Crippen molar-refractivity contribution in [3.8, 4) is 11.5 Å². The molecular weight excluding hydrogens is 459 g/mol. The SMILES string of the molecule is CCNC(=NCc1ccc2c(c1)OCO2)NCC1CN2CCCC2CO1.I. The molecule has 1 aromatic rings. The number of nitrogens with zero attached hydrogens (tertiary/aromatic N) is 2. The summed E-state index contributed by atoms with van der Waals surface area (Å²) in [6.45, 7) is 7.64. The molecule has 0 spiro atoms. The molecule has 3 aliphatic rings. The fourth-order valence-electron chi connectivity index (χ4n) is 3.77. The Kier molecular flexibility index (Phi) is 7.42. The highest BCUT2D eigenvalue weighted by molar-refractivity contribution is 14.0. The molecular formula is C19H29IN4O3. The molecule has 27 heavy (non-hydrogen) atoms. The predicted octanol–water partition coefficient (Wildman–Crippen LogP) is 1.95. The topological polar surface area (TPSA) is 67.4 Å². The third-order valence-corrected chi connectivity index (χ3v) is 5.16. The zero-order valence-corrected chi connectivity index (χ0v) is 18.1. The monoisotopic (exact) mass is 488 g/mol. The molecule has 2 fully saturated rings. The average Bonchev–Trinajstić information content (AvgIpc) is 3.31. The van der Waals surface area contributed by atoms with Gasteiger partial charge in [0.2, 0.25) is 6.79 Å². The Labute approximate surface area is 177 Å². The lowest BCUT2D eigenvalue weighted by molar-refractivity contribution is -0.0453. The Morgan fingerprint density at radius 1 is 1.26 bits per heavy atom. The molecule has 150 valence electrons. The van der Waals surface area contributed by atoms with Crippen molar-refractivity contribution in [2.75, 3.05) is 39.6 Å². The van der Waals surface area contributed by atoms with Crippen molar-refractivity contribution in [2.45, 2.75) is 38.5 Å². The van der Waals surface area contributed by atoms with Gasteiger partial charge >= 0.3 is 0 Å². The number of morpholine rings is 1. The van der Waals surface area contributed by atoms with Crippen molar-refractivity contribution in [1.29, 1.82) is 0 Å². The van der Waals surface area contributed by atoms with Crippen LogP contribution in [-0.4, -0.2) is 62.6 Å². The number of guanidine groups is 1. The van der Waals surface area contributed by atoms with Gasteiger partial charge in [0.25, 0.3) is 0 Å². The Bertz CT molecular complexity index is 658. The maximum atomic E-state index is 6.02. The van der Waals surface area contributed by atoms with Crippen LogP contribution in [0.3, 0.4) is 0 Å². The van der Waals surface area contributed by atoms with Crippen molar-refractivity contribution in [3.63, 3.8) is 0 Å². The predicted molar refractivity (Wildman–Crippen MR) is 115 cm³/mol. The number of hydrogen-bond acceptors (Lipinski definition) is 5. The summed E-state index contributed by atoms with van der Waals surface area (Å²) in [5.74, 6) is 2.42. The summed E-state index contributed by atoms with van der Waals surface area (Å²) in [5.41, 5.74) is 1.10. The number of halogens is 1. The van der Waals surface area contributed by atoms with Gasteiger partial charge in [-0.25, -0.2) is 4.99 Å². The molecule has 3 aliphatic heterocycles. The zero-order valence-electron chi connectivity index (χ0n) is 15.8. The lowest BCUT2D eigenvalue weighted by Gasteiger charge is -2.35. The van der Waals surface area contributed by atoms with E-state index in [9.17, 15) is 0 Å². The number of rotatable bonds is 5. The van der Waals surface area contributed by atoms with Gasteiger partial charge in [-0.1, -0.05) is 6.07 Å². The highest BCUT2D eigenvalue weighted by atomic mass is 127. The minimum absolute atomic E-state index is 0. The number of aliphatic imine (C=N–C) groups is 1. The van der Waals surface area contributed by atoms with Gasteiger partial charge in [0.05, 0.1) is 19.3 Å². The molecule has 2 atom stereocenters. The van der Waals surface area contributed by atoms with Gasteiger partial charge in [-0.3, -0.25) is 4.90 Å². The van der Waals surface area contributed by atoms with E-state index in [1.807, 2.05) is 18.2 Å². The van der Waals surface area contributed by atoms with Crippen LogP contribution < -0.4 is 20.1 Å². The number of ether oxygens (including phenoxy) is 3. The minimum atomic E-state index is 0. The van der Waals surface area contributed by atoms with E-state index < -0.39 is 0 Å². The van der Waals surface area contributed by atoms with Crippen LogP contribution >= 0.6 is 24.0 Å². The first-order valence-electron chi connectivity index (χ1n) is 9.58. The highest BCUT2D eigenvalue weighted by Crippen LogP contribution is 2.32. The Morgan fingerprint density at radius 3 is 3.04 bits per heavy atom. The normalized spacial score (nSPS) is 24.3. The molecule has 3 heterocycles. The molecule has 2 unspecified atom stereocenters. The van der Waals surface area contributed by atoms with Crippen molar-refractivity contribution >= 4 is 29.9 Å². The Balaban J connectivity index is 0.00000210. The second-order valence-electron chi connectivity index (χ2n) is 7.01. The lowest BCUT2D eigenvalue weighted by Crippen LogP contribution is -2.51. The molecule has 2 N–H and O–H groups in total. The molecule has 0 bridgehead atoms. The number of benzene rings is 1. The van der Waals surface area contributed by atoms with Crippen LogP contribution in [0.2, 0.25) is 0 Å². The van der Waals surface area contributed by atoms with E-state index in [-0.39, 0.29) is 30.1 Å². The molecule has 7 nitrogen and oxygen atoms in total. The summed E-state index contributed by atoms with van der Waals surface area (Å²) in [6, 6.07) is 6.60. The second-order valence-corrected chi connectivity index (χ2v) is 7.01. The molecule has 4 rings (SSSR count).